The summed E-state index contributed by atoms with van der Waals surface area (Å²) in [6, 6.07) is 8.91. The standard InChI is InChI=1S/C15H18N4O2/c16-11-2-1-3-12(8-11)19-7-6-13(18-19)15(21)17-9-14(20)10-4-5-10/h1-3,6-8,10,14,20H,4-5,9,16H2,(H,17,21). The van der Waals surface area contributed by atoms with E-state index in [9.17, 15) is 9.90 Å². The molecule has 1 heterocycles. The number of benzene rings is 1. The lowest BCUT2D eigenvalue weighted by Crippen LogP contribution is -2.33. The molecule has 110 valence electrons. The Morgan fingerprint density at radius 3 is 3.00 bits per heavy atom. The molecule has 1 aromatic heterocycles. The number of amides is 1. The lowest BCUT2D eigenvalue weighted by molar-refractivity contribution is 0.0896. The Balaban J connectivity index is 1.65. The fraction of sp³-hybridized carbons (Fsp3) is 0.333. The molecule has 1 unspecified atom stereocenters. The van der Waals surface area contributed by atoms with Gasteiger partial charge in [0.15, 0.2) is 5.69 Å². The number of aliphatic hydroxyl groups excluding tert-OH is 1. The van der Waals surface area contributed by atoms with Crippen LogP contribution < -0.4 is 11.1 Å². The minimum absolute atomic E-state index is 0.272. The summed E-state index contributed by atoms with van der Waals surface area (Å²) in [7, 11) is 0. The molecule has 1 atom stereocenters. The summed E-state index contributed by atoms with van der Waals surface area (Å²) in [6.45, 7) is 0.272. The van der Waals surface area contributed by atoms with Gasteiger partial charge in [-0.15, -0.1) is 0 Å². The number of rotatable bonds is 5. The normalized spacial score (nSPS) is 15.7. The van der Waals surface area contributed by atoms with Gasteiger partial charge in [0.1, 0.15) is 0 Å². The van der Waals surface area contributed by atoms with Crippen molar-refractivity contribution in [3.8, 4) is 5.69 Å². The van der Waals surface area contributed by atoms with Gasteiger partial charge in [0.05, 0.1) is 11.8 Å². The number of hydrogen-bond donors (Lipinski definition) is 3. The van der Waals surface area contributed by atoms with E-state index in [2.05, 4.69) is 10.4 Å². The van der Waals surface area contributed by atoms with E-state index in [0.29, 0.717) is 17.3 Å². The van der Waals surface area contributed by atoms with Crippen molar-refractivity contribution in [3.63, 3.8) is 0 Å². The molecule has 6 heteroatoms. The highest BCUT2D eigenvalue weighted by atomic mass is 16.3. The van der Waals surface area contributed by atoms with E-state index in [4.69, 9.17) is 5.73 Å². The largest absolute Gasteiger partial charge is 0.399 e. The van der Waals surface area contributed by atoms with Crippen molar-refractivity contribution < 1.29 is 9.90 Å². The van der Waals surface area contributed by atoms with Crippen LogP contribution in [0.1, 0.15) is 23.3 Å². The van der Waals surface area contributed by atoms with Crippen molar-refractivity contribution >= 4 is 11.6 Å². The number of nitrogen functional groups attached to an aromatic ring is 1. The molecule has 0 aliphatic heterocycles. The number of aromatic nitrogens is 2. The fourth-order valence-electron chi connectivity index (χ4n) is 2.19. The molecule has 0 bridgehead atoms. The third-order valence-corrected chi connectivity index (χ3v) is 3.59. The van der Waals surface area contributed by atoms with Gasteiger partial charge in [-0.25, -0.2) is 4.68 Å². The summed E-state index contributed by atoms with van der Waals surface area (Å²) in [5, 5.41) is 16.7. The number of nitrogens with zero attached hydrogens (tertiary/aromatic N) is 2. The minimum Gasteiger partial charge on any atom is -0.399 e. The number of nitrogens with one attached hydrogen (secondary N) is 1. The van der Waals surface area contributed by atoms with Crippen LogP contribution >= 0.6 is 0 Å². The zero-order valence-corrected chi connectivity index (χ0v) is 11.6. The molecule has 2 aromatic rings. The average Bonchev–Trinajstić information content (AvgIpc) is 3.21. The van der Waals surface area contributed by atoms with Crippen molar-refractivity contribution in [2.24, 2.45) is 5.92 Å². The molecular weight excluding hydrogens is 268 g/mol. The van der Waals surface area contributed by atoms with Gasteiger partial charge in [-0.1, -0.05) is 6.07 Å². The summed E-state index contributed by atoms with van der Waals surface area (Å²) in [6.07, 6.45) is 3.34. The van der Waals surface area contributed by atoms with Crippen molar-refractivity contribution in [2.45, 2.75) is 18.9 Å². The molecule has 3 rings (SSSR count). The van der Waals surface area contributed by atoms with Crippen LogP contribution in [0.5, 0.6) is 0 Å². The van der Waals surface area contributed by atoms with E-state index in [-0.39, 0.29) is 12.5 Å². The number of hydrogen-bond acceptors (Lipinski definition) is 4. The van der Waals surface area contributed by atoms with Crippen LogP contribution in [0.2, 0.25) is 0 Å². The molecule has 0 radical (unpaired) electrons. The monoisotopic (exact) mass is 286 g/mol. The summed E-state index contributed by atoms with van der Waals surface area (Å²) >= 11 is 0. The van der Waals surface area contributed by atoms with Crippen molar-refractivity contribution in [1.29, 1.82) is 0 Å². The van der Waals surface area contributed by atoms with E-state index < -0.39 is 6.10 Å². The van der Waals surface area contributed by atoms with Crippen LogP contribution in [0.4, 0.5) is 5.69 Å². The average molecular weight is 286 g/mol. The quantitative estimate of drug-likeness (QED) is 0.714. The van der Waals surface area contributed by atoms with Gasteiger partial charge >= 0.3 is 0 Å². The third kappa shape index (κ3) is 3.22. The first kappa shape index (κ1) is 13.6. The fourth-order valence-corrected chi connectivity index (χ4v) is 2.19. The number of aliphatic hydroxyl groups is 1. The maximum atomic E-state index is 12.0. The van der Waals surface area contributed by atoms with Gasteiger partial charge in [-0.2, -0.15) is 5.10 Å². The van der Waals surface area contributed by atoms with E-state index in [1.54, 1.807) is 29.1 Å². The highest BCUT2D eigenvalue weighted by Gasteiger charge is 2.29. The Kier molecular flexibility index (Phi) is 3.62. The first-order chi connectivity index (χ1) is 10.1. The molecule has 6 nitrogen and oxygen atoms in total. The van der Waals surface area contributed by atoms with Gasteiger partial charge in [0.25, 0.3) is 5.91 Å². The maximum absolute atomic E-state index is 12.0. The van der Waals surface area contributed by atoms with Crippen LogP contribution in [0.25, 0.3) is 5.69 Å². The van der Waals surface area contributed by atoms with Crippen molar-refractivity contribution in [2.75, 3.05) is 12.3 Å². The second kappa shape index (κ2) is 5.57. The Hall–Kier alpha value is -2.34. The van der Waals surface area contributed by atoms with E-state index >= 15 is 0 Å². The summed E-state index contributed by atoms with van der Waals surface area (Å²) in [4.78, 5) is 12.0. The molecular formula is C15H18N4O2. The van der Waals surface area contributed by atoms with Gasteiger partial charge in [-0.05, 0) is 43.0 Å². The first-order valence-corrected chi connectivity index (χ1v) is 7.01. The van der Waals surface area contributed by atoms with Crippen molar-refractivity contribution in [3.05, 3.63) is 42.2 Å². The molecule has 1 saturated carbocycles. The van der Waals surface area contributed by atoms with E-state index in [1.807, 2.05) is 12.1 Å². The second-order valence-corrected chi connectivity index (χ2v) is 5.36. The number of anilines is 1. The van der Waals surface area contributed by atoms with Crippen LogP contribution in [0.15, 0.2) is 36.5 Å². The minimum atomic E-state index is -0.454. The Bertz CT molecular complexity index is 649. The smallest absolute Gasteiger partial charge is 0.271 e. The zero-order valence-electron chi connectivity index (χ0n) is 11.6. The van der Waals surface area contributed by atoms with Gasteiger partial charge < -0.3 is 16.2 Å². The van der Waals surface area contributed by atoms with Crippen LogP contribution in [-0.4, -0.2) is 33.4 Å². The Morgan fingerprint density at radius 2 is 2.29 bits per heavy atom. The predicted octanol–water partition coefficient (Wildman–Crippen LogP) is 0.955. The summed E-state index contributed by atoms with van der Waals surface area (Å²) < 4.78 is 1.60. The molecule has 0 saturated heterocycles. The summed E-state index contributed by atoms with van der Waals surface area (Å²) in [5.74, 6) is 0.0625. The van der Waals surface area contributed by atoms with E-state index in [1.165, 1.54) is 0 Å². The Labute approximate surface area is 122 Å². The maximum Gasteiger partial charge on any atom is 0.271 e. The van der Waals surface area contributed by atoms with Gasteiger partial charge in [0, 0.05) is 18.4 Å². The molecule has 1 fully saturated rings. The topological polar surface area (TPSA) is 93.2 Å². The summed E-state index contributed by atoms with van der Waals surface area (Å²) in [5.41, 5.74) is 7.49. The Morgan fingerprint density at radius 1 is 1.48 bits per heavy atom. The highest BCUT2D eigenvalue weighted by Crippen LogP contribution is 2.32. The van der Waals surface area contributed by atoms with E-state index in [0.717, 1.165) is 18.5 Å². The van der Waals surface area contributed by atoms with Gasteiger partial charge in [0.2, 0.25) is 0 Å². The number of carbonyl (C=O) groups excluding carboxylic acids is 1. The third-order valence-electron chi connectivity index (χ3n) is 3.59. The second-order valence-electron chi connectivity index (χ2n) is 5.36. The number of nitrogens with two attached hydrogens (primary N) is 1. The zero-order chi connectivity index (χ0) is 14.8. The molecule has 1 aliphatic carbocycles. The molecule has 4 N–H and O–H groups in total. The number of carbonyl (C=O) groups is 1. The molecule has 1 aliphatic rings. The predicted molar refractivity (Wildman–Crippen MR) is 79.0 cm³/mol. The first-order valence-electron chi connectivity index (χ1n) is 7.01. The highest BCUT2D eigenvalue weighted by molar-refractivity contribution is 5.92. The molecule has 1 aromatic carbocycles. The van der Waals surface area contributed by atoms with Crippen LogP contribution in [-0.2, 0) is 0 Å². The lowest BCUT2D eigenvalue weighted by Gasteiger charge is -2.09. The molecule has 1 amide bonds. The van der Waals surface area contributed by atoms with Crippen LogP contribution in [0, 0.1) is 5.92 Å². The lowest BCUT2D eigenvalue weighted by atomic mass is 10.2. The molecule has 21 heavy (non-hydrogen) atoms. The molecule has 0 spiro atoms. The SMILES string of the molecule is Nc1cccc(-n2ccc(C(=O)NCC(O)C3CC3)n2)c1. The van der Waals surface area contributed by atoms with Crippen molar-refractivity contribution in [1.82, 2.24) is 15.1 Å². The van der Waals surface area contributed by atoms with Gasteiger partial charge in [-0.3, -0.25) is 4.79 Å². The van der Waals surface area contributed by atoms with Crippen LogP contribution in [0.3, 0.4) is 0 Å².